The predicted octanol–water partition coefficient (Wildman–Crippen LogP) is -0.0560. The van der Waals surface area contributed by atoms with Gasteiger partial charge in [-0.05, 0) is 12.8 Å². The summed E-state index contributed by atoms with van der Waals surface area (Å²) in [7, 11) is -2.93. The summed E-state index contributed by atoms with van der Waals surface area (Å²) in [5.41, 5.74) is 5.26. The highest BCUT2D eigenvalue weighted by molar-refractivity contribution is 7.91. The van der Waals surface area contributed by atoms with Crippen molar-refractivity contribution in [3.8, 4) is 0 Å². The first-order chi connectivity index (χ1) is 6.57. The number of hydrogen-bond acceptors (Lipinski definition) is 6. The Labute approximate surface area is 81.4 Å². The topological polar surface area (TPSA) is 99.1 Å². The zero-order valence-electron chi connectivity index (χ0n) is 7.51. The van der Waals surface area contributed by atoms with Crippen molar-refractivity contribution in [3.05, 3.63) is 5.82 Å². The van der Waals surface area contributed by atoms with Gasteiger partial charge in [0.15, 0.2) is 15.7 Å². The highest BCUT2D eigenvalue weighted by Crippen LogP contribution is 2.26. The van der Waals surface area contributed by atoms with Crippen LogP contribution in [0, 0.1) is 0 Å². The van der Waals surface area contributed by atoms with Crippen LogP contribution in [-0.2, 0) is 9.84 Å². The molecule has 1 atom stereocenters. The zero-order valence-corrected chi connectivity index (χ0v) is 8.33. The third kappa shape index (κ3) is 1.87. The van der Waals surface area contributed by atoms with Gasteiger partial charge in [0.25, 0.3) is 0 Å². The van der Waals surface area contributed by atoms with Gasteiger partial charge in [-0.1, -0.05) is 5.16 Å². The molecule has 0 aliphatic carbocycles. The average molecular weight is 217 g/mol. The van der Waals surface area contributed by atoms with Gasteiger partial charge >= 0.3 is 6.01 Å². The normalized spacial score (nSPS) is 26.1. The van der Waals surface area contributed by atoms with Crippen molar-refractivity contribution in [2.24, 2.45) is 0 Å². The summed E-state index contributed by atoms with van der Waals surface area (Å²) < 4.78 is 27.3. The lowest BCUT2D eigenvalue weighted by Crippen LogP contribution is -2.24. The van der Waals surface area contributed by atoms with E-state index in [4.69, 9.17) is 5.73 Å². The summed E-state index contributed by atoms with van der Waals surface area (Å²) in [5.74, 6) is 0.614. The Bertz CT molecular complexity index is 425. The number of aromatic nitrogens is 2. The number of nitrogens with two attached hydrogens (primary N) is 1. The van der Waals surface area contributed by atoms with Crippen LogP contribution in [0.15, 0.2) is 4.52 Å². The molecule has 6 nitrogen and oxygen atoms in total. The number of nitrogen functional groups attached to an aromatic ring is 1. The van der Waals surface area contributed by atoms with E-state index in [-0.39, 0.29) is 23.4 Å². The van der Waals surface area contributed by atoms with Crippen LogP contribution in [0.2, 0.25) is 0 Å². The van der Waals surface area contributed by atoms with E-state index < -0.39 is 9.84 Å². The van der Waals surface area contributed by atoms with Gasteiger partial charge < -0.3 is 10.3 Å². The van der Waals surface area contributed by atoms with E-state index in [1.165, 1.54) is 0 Å². The molecule has 2 N–H and O–H groups in total. The first-order valence-electron chi connectivity index (χ1n) is 4.36. The SMILES string of the molecule is Nc1nc(C2CCCS(=O)(=O)C2)no1. The average Bonchev–Trinajstić information content (AvgIpc) is 2.50. The lowest BCUT2D eigenvalue weighted by Gasteiger charge is -2.18. The van der Waals surface area contributed by atoms with Gasteiger partial charge in [-0.3, -0.25) is 0 Å². The van der Waals surface area contributed by atoms with Crippen molar-refractivity contribution in [3.63, 3.8) is 0 Å². The van der Waals surface area contributed by atoms with Crippen LogP contribution in [0.1, 0.15) is 24.6 Å². The van der Waals surface area contributed by atoms with E-state index >= 15 is 0 Å². The zero-order chi connectivity index (χ0) is 10.2. The van der Waals surface area contributed by atoms with E-state index in [2.05, 4.69) is 14.7 Å². The summed E-state index contributed by atoms with van der Waals surface area (Å²) >= 11 is 0. The Morgan fingerprint density at radius 2 is 2.29 bits per heavy atom. The fourth-order valence-electron chi connectivity index (χ4n) is 1.64. The maximum absolute atomic E-state index is 11.3. The van der Waals surface area contributed by atoms with E-state index in [0.717, 1.165) is 6.42 Å². The van der Waals surface area contributed by atoms with Crippen molar-refractivity contribution < 1.29 is 12.9 Å². The summed E-state index contributed by atoms with van der Waals surface area (Å²) in [6.07, 6.45) is 1.43. The molecule has 1 aliphatic heterocycles. The van der Waals surface area contributed by atoms with Gasteiger partial charge in [0, 0.05) is 5.92 Å². The molecule has 0 radical (unpaired) electrons. The van der Waals surface area contributed by atoms with Crippen LogP contribution in [0.5, 0.6) is 0 Å². The van der Waals surface area contributed by atoms with Gasteiger partial charge in [0.05, 0.1) is 11.5 Å². The molecule has 1 fully saturated rings. The second-order valence-corrected chi connectivity index (χ2v) is 5.67. The molecule has 0 spiro atoms. The van der Waals surface area contributed by atoms with Gasteiger partial charge in [-0.25, -0.2) is 8.42 Å². The molecule has 1 aromatic rings. The first-order valence-corrected chi connectivity index (χ1v) is 6.18. The maximum atomic E-state index is 11.3. The Morgan fingerprint density at radius 1 is 1.50 bits per heavy atom. The monoisotopic (exact) mass is 217 g/mol. The van der Waals surface area contributed by atoms with Crippen LogP contribution < -0.4 is 5.73 Å². The minimum absolute atomic E-state index is 0.0111. The fraction of sp³-hybridized carbons (Fsp3) is 0.714. The van der Waals surface area contributed by atoms with Crippen LogP contribution in [0.25, 0.3) is 0 Å². The molecule has 78 valence electrons. The van der Waals surface area contributed by atoms with Crippen molar-refractivity contribution >= 4 is 15.9 Å². The van der Waals surface area contributed by atoms with Crippen LogP contribution in [0.3, 0.4) is 0 Å². The number of hydrogen-bond donors (Lipinski definition) is 1. The maximum Gasteiger partial charge on any atom is 0.318 e. The van der Waals surface area contributed by atoms with Crippen LogP contribution in [0.4, 0.5) is 6.01 Å². The lowest BCUT2D eigenvalue weighted by atomic mass is 10.1. The third-order valence-corrected chi connectivity index (χ3v) is 4.11. The molecule has 1 unspecified atom stereocenters. The molecular formula is C7H11N3O3S. The first kappa shape index (κ1) is 9.45. The molecule has 1 aliphatic rings. The Hall–Kier alpha value is -1.11. The molecular weight excluding hydrogens is 206 g/mol. The summed E-state index contributed by atoms with van der Waals surface area (Å²) in [5, 5.41) is 3.63. The molecule has 1 aromatic heterocycles. The number of rotatable bonds is 1. The van der Waals surface area contributed by atoms with E-state index in [1.807, 2.05) is 0 Å². The minimum atomic E-state index is -2.93. The van der Waals surface area contributed by atoms with Gasteiger partial charge in [-0.2, -0.15) is 4.98 Å². The molecule has 2 heterocycles. The second-order valence-electron chi connectivity index (χ2n) is 3.44. The molecule has 0 bridgehead atoms. The molecule has 14 heavy (non-hydrogen) atoms. The minimum Gasteiger partial charge on any atom is -0.351 e. The highest BCUT2D eigenvalue weighted by atomic mass is 32.2. The summed E-state index contributed by atoms with van der Waals surface area (Å²) in [4.78, 5) is 3.84. The second kappa shape index (κ2) is 3.23. The molecule has 7 heteroatoms. The molecule has 1 saturated heterocycles. The largest absolute Gasteiger partial charge is 0.351 e. The van der Waals surface area contributed by atoms with Crippen molar-refractivity contribution in [1.82, 2.24) is 10.1 Å². The van der Waals surface area contributed by atoms with Gasteiger partial charge in [0.2, 0.25) is 0 Å². The van der Waals surface area contributed by atoms with E-state index in [0.29, 0.717) is 12.2 Å². The Morgan fingerprint density at radius 3 is 2.86 bits per heavy atom. The highest BCUT2D eigenvalue weighted by Gasteiger charge is 2.28. The van der Waals surface area contributed by atoms with Crippen molar-refractivity contribution in [2.45, 2.75) is 18.8 Å². The Kier molecular flexibility index (Phi) is 2.18. The molecule has 2 rings (SSSR count). The van der Waals surface area contributed by atoms with Gasteiger partial charge in [-0.15, -0.1) is 0 Å². The number of sulfone groups is 1. The van der Waals surface area contributed by atoms with Crippen molar-refractivity contribution in [2.75, 3.05) is 17.2 Å². The quantitative estimate of drug-likeness (QED) is 0.707. The number of nitrogens with zero attached hydrogens (tertiary/aromatic N) is 2. The van der Waals surface area contributed by atoms with E-state index in [1.54, 1.807) is 0 Å². The van der Waals surface area contributed by atoms with Crippen LogP contribution >= 0.6 is 0 Å². The van der Waals surface area contributed by atoms with E-state index in [9.17, 15) is 8.42 Å². The molecule has 0 saturated carbocycles. The lowest BCUT2D eigenvalue weighted by molar-refractivity contribution is 0.417. The third-order valence-electron chi connectivity index (χ3n) is 2.29. The number of anilines is 1. The smallest absolute Gasteiger partial charge is 0.318 e. The predicted molar refractivity (Wildman–Crippen MR) is 49.3 cm³/mol. The van der Waals surface area contributed by atoms with Crippen molar-refractivity contribution in [1.29, 1.82) is 0 Å². The Balaban J connectivity index is 2.20. The molecule has 0 amide bonds. The van der Waals surface area contributed by atoms with Crippen LogP contribution in [-0.4, -0.2) is 30.1 Å². The molecule has 0 aromatic carbocycles. The van der Waals surface area contributed by atoms with Gasteiger partial charge in [0.1, 0.15) is 0 Å². The fourth-order valence-corrected chi connectivity index (χ4v) is 3.34. The summed E-state index contributed by atoms with van der Waals surface area (Å²) in [6.45, 7) is 0. The summed E-state index contributed by atoms with van der Waals surface area (Å²) in [6, 6.07) is -0.0111. The standard InChI is InChI=1S/C7H11N3O3S/c8-7-9-6(10-13-7)5-2-1-3-14(11,12)4-5/h5H,1-4H2,(H2,8,9,10).